The average molecular weight is 356 g/mol. The van der Waals surface area contributed by atoms with Crippen LogP contribution in [0.3, 0.4) is 0 Å². The zero-order chi connectivity index (χ0) is 18.0. The van der Waals surface area contributed by atoms with E-state index in [9.17, 15) is 8.42 Å². The minimum atomic E-state index is -3.68. The van der Waals surface area contributed by atoms with Gasteiger partial charge in [0.05, 0.1) is 5.25 Å². The monoisotopic (exact) mass is 356 g/mol. The highest BCUT2D eigenvalue weighted by atomic mass is 32.2. The van der Waals surface area contributed by atoms with Gasteiger partial charge < -0.3 is 0 Å². The van der Waals surface area contributed by atoms with Crippen molar-refractivity contribution in [3.8, 4) is 11.4 Å². The van der Waals surface area contributed by atoms with E-state index >= 15 is 0 Å². The summed E-state index contributed by atoms with van der Waals surface area (Å²) in [5, 5.41) is 7.40. The molecule has 0 N–H and O–H groups in total. The van der Waals surface area contributed by atoms with Crippen molar-refractivity contribution in [1.82, 2.24) is 19.7 Å². The van der Waals surface area contributed by atoms with E-state index in [0.717, 1.165) is 11.1 Å². The van der Waals surface area contributed by atoms with Gasteiger partial charge in [0.15, 0.2) is 5.82 Å². The first-order valence-electron chi connectivity index (χ1n) is 8.09. The lowest BCUT2D eigenvalue weighted by Crippen LogP contribution is -2.17. The first-order valence-corrected chi connectivity index (χ1v) is 9.64. The SMILES string of the molecule is CCn1c(-c2ccc(C)cc2)nnc1S(=O)(=O)C(C)c1cccnc1. The molecular formula is C18H20N4O2S. The van der Waals surface area contributed by atoms with Gasteiger partial charge in [-0.15, -0.1) is 10.2 Å². The third-order valence-corrected chi connectivity index (χ3v) is 6.23. The molecular weight excluding hydrogens is 336 g/mol. The summed E-state index contributed by atoms with van der Waals surface area (Å²) in [4.78, 5) is 4.01. The fourth-order valence-electron chi connectivity index (χ4n) is 2.65. The standard InChI is InChI=1S/C18H20N4O2S/c1-4-22-17(15-9-7-13(2)8-10-15)20-21-18(22)25(23,24)14(3)16-6-5-11-19-12-16/h5-12,14H,4H2,1-3H3. The first-order chi connectivity index (χ1) is 11.9. The molecule has 0 aliphatic carbocycles. The molecule has 2 aromatic heterocycles. The van der Waals surface area contributed by atoms with Crippen LogP contribution in [0.1, 0.15) is 30.2 Å². The Bertz CT molecular complexity index is 964. The Kier molecular flexibility index (Phi) is 4.67. The van der Waals surface area contributed by atoms with Gasteiger partial charge in [-0.2, -0.15) is 0 Å². The molecule has 0 spiro atoms. The second kappa shape index (κ2) is 6.76. The van der Waals surface area contributed by atoms with E-state index in [-0.39, 0.29) is 5.16 Å². The Labute approximate surface area is 147 Å². The second-order valence-corrected chi connectivity index (χ2v) is 8.05. The van der Waals surface area contributed by atoms with Gasteiger partial charge in [-0.1, -0.05) is 35.9 Å². The number of sulfone groups is 1. The lowest BCUT2D eigenvalue weighted by molar-refractivity contribution is 0.559. The Hall–Kier alpha value is -2.54. The molecule has 0 aliphatic rings. The van der Waals surface area contributed by atoms with Crippen LogP contribution in [0.5, 0.6) is 0 Å². The maximum absolute atomic E-state index is 13.1. The van der Waals surface area contributed by atoms with Crippen molar-refractivity contribution in [3.05, 3.63) is 59.9 Å². The number of pyridine rings is 1. The van der Waals surface area contributed by atoms with E-state index in [1.807, 2.05) is 38.1 Å². The van der Waals surface area contributed by atoms with Gasteiger partial charge in [0.2, 0.25) is 9.84 Å². The lowest BCUT2D eigenvalue weighted by Gasteiger charge is -2.13. The molecule has 0 aliphatic heterocycles. The van der Waals surface area contributed by atoms with Crippen molar-refractivity contribution < 1.29 is 8.42 Å². The van der Waals surface area contributed by atoms with E-state index in [4.69, 9.17) is 0 Å². The summed E-state index contributed by atoms with van der Waals surface area (Å²) in [5.41, 5.74) is 2.60. The largest absolute Gasteiger partial charge is 0.298 e. The number of benzene rings is 1. The smallest absolute Gasteiger partial charge is 0.250 e. The summed E-state index contributed by atoms with van der Waals surface area (Å²) < 4.78 is 27.8. The normalized spacial score (nSPS) is 12.9. The van der Waals surface area contributed by atoms with E-state index in [1.54, 1.807) is 36.0 Å². The minimum Gasteiger partial charge on any atom is -0.298 e. The van der Waals surface area contributed by atoms with Crippen molar-refractivity contribution in [2.24, 2.45) is 0 Å². The zero-order valence-electron chi connectivity index (χ0n) is 14.4. The predicted octanol–water partition coefficient (Wildman–Crippen LogP) is 3.20. The highest BCUT2D eigenvalue weighted by Gasteiger charge is 2.31. The van der Waals surface area contributed by atoms with Gasteiger partial charge in [-0.3, -0.25) is 9.55 Å². The minimum absolute atomic E-state index is 0.0121. The lowest BCUT2D eigenvalue weighted by atomic mass is 10.1. The first kappa shape index (κ1) is 17.3. The molecule has 1 atom stereocenters. The molecule has 0 saturated carbocycles. The van der Waals surface area contributed by atoms with Crippen LogP contribution < -0.4 is 0 Å². The third-order valence-electron chi connectivity index (χ3n) is 4.22. The van der Waals surface area contributed by atoms with Crippen LogP contribution in [0.4, 0.5) is 0 Å². The van der Waals surface area contributed by atoms with E-state index < -0.39 is 15.1 Å². The number of aromatic nitrogens is 4. The summed E-state index contributed by atoms with van der Waals surface area (Å²) in [7, 11) is -3.68. The van der Waals surface area contributed by atoms with Crippen LogP contribution in [0.15, 0.2) is 53.9 Å². The molecule has 0 radical (unpaired) electrons. The van der Waals surface area contributed by atoms with Crippen LogP contribution in [0, 0.1) is 6.92 Å². The molecule has 1 unspecified atom stereocenters. The molecule has 2 heterocycles. The van der Waals surface area contributed by atoms with Crippen LogP contribution in [0.25, 0.3) is 11.4 Å². The highest BCUT2D eigenvalue weighted by molar-refractivity contribution is 7.91. The van der Waals surface area contributed by atoms with Crippen LogP contribution >= 0.6 is 0 Å². The van der Waals surface area contributed by atoms with Crippen molar-refractivity contribution >= 4 is 9.84 Å². The maximum Gasteiger partial charge on any atom is 0.250 e. The number of nitrogens with zero attached hydrogens (tertiary/aromatic N) is 4. The van der Waals surface area contributed by atoms with Crippen LogP contribution in [-0.4, -0.2) is 28.2 Å². The maximum atomic E-state index is 13.1. The molecule has 1 aromatic carbocycles. The van der Waals surface area contributed by atoms with Gasteiger partial charge in [-0.25, -0.2) is 8.42 Å². The fourth-order valence-corrected chi connectivity index (χ4v) is 4.15. The molecule has 25 heavy (non-hydrogen) atoms. The molecule has 3 rings (SSSR count). The summed E-state index contributed by atoms with van der Waals surface area (Å²) in [6, 6.07) is 11.3. The molecule has 130 valence electrons. The second-order valence-electron chi connectivity index (χ2n) is 5.89. The van der Waals surface area contributed by atoms with Crippen molar-refractivity contribution in [2.75, 3.05) is 0 Å². The number of rotatable bonds is 5. The molecule has 0 bridgehead atoms. The van der Waals surface area contributed by atoms with Gasteiger partial charge in [0.1, 0.15) is 0 Å². The summed E-state index contributed by atoms with van der Waals surface area (Å²) >= 11 is 0. The molecule has 3 aromatic rings. The van der Waals surface area contributed by atoms with Crippen LogP contribution in [0.2, 0.25) is 0 Å². The Morgan fingerprint density at radius 2 is 1.84 bits per heavy atom. The van der Waals surface area contributed by atoms with Crippen molar-refractivity contribution in [3.63, 3.8) is 0 Å². The van der Waals surface area contributed by atoms with E-state index in [1.165, 1.54) is 0 Å². The number of aryl methyl sites for hydroxylation is 1. The third kappa shape index (κ3) is 3.19. The van der Waals surface area contributed by atoms with E-state index in [0.29, 0.717) is 17.9 Å². The number of hydrogen-bond acceptors (Lipinski definition) is 5. The Balaban J connectivity index is 2.07. The summed E-state index contributed by atoms with van der Waals surface area (Å²) in [6.07, 6.45) is 3.18. The molecule has 6 nitrogen and oxygen atoms in total. The van der Waals surface area contributed by atoms with E-state index in [2.05, 4.69) is 15.2 Å². The number of hydrogen-bond donors (Lipinski definition) is 0. The van der Waals surface area contributed by atoms with Gasteiger partial charge in [0.25, 0.3) is 5.16 Å². The van der Waals surface area contributed by atoms with Gasteiger partial charge in [0, 0.05) is 24.5 Å². The molecule has 7 heteroatoms. The fraction of sp³-hybridized carbons (Fsp3) is 0.278. The average Bonchev–Trinajstić information content (AvgIpc) is 3.07. The van der Waals surface area contributed by atoms with Crippen LogP contribution in [-0.2, 0) is 16.4 Å². The zero-order valence-corrected chi connectivity index (χ0v) is 15.2. The molecule has 0 amide bonds. The predicted molar refractivity (Wildman–Crippen MR) is 95.7 cm³/mol. The Morgan fingerprint density at radius 1 is 1.12 bits per heavy atom. The molecule has 0 saturated heterocycles. The summed E-state index contributed by atoms with van der Waals surface area (Å²) in [6.45, 7) is 5.99. The topological polar surface area (TPSA) is 77.7 Å². The van der Waals surface area contributed by atoms with Crippen molar-refractivity contribution in [1.29, 1.82) is 0 Å². The summed E-state index contributed by atoms with van der Waals surface area (Å²) in [5.74, 6) is 0.555. The highest BCUT2D eigenvalue weighted by Crippen LogP contribution is 2.29. The van der Waals surface area contributed by atoms with Crippen molar-refractivity contribution in [2.45, 2.75) is 37.7 Å². The van der Waals surface area contributed by atoms with Gasteiger partial charge in [-0.05, 0) is 32.4 Å². The Morgan fingerprint density at radius 3 is 2.44 bits per heavy atom. The van der Waals surface area contributed by atoms with Gasteiger partial charge >= 0.3 is 0 Å². The molecule has 0 fully saturated rings. The quantitative estimate of drug-likeness (QED) is 0.701.